The van der Waals surface area contributed by atoms with Crippen LogP contribution in [0.15, 0.2) is 18.2 Å². The molecule has 1 rings (SSSR count). The van der Waals surface area contributed by atoms with Crippen molar-refractivity contribution in [3.05, 3.63) is 29.0 Å². The third-order valence-corrected chi connectivity index (χ3v) is 2.10. The fraction of sp³-hybridized carbons (Fsp3) is 0.273. The fourth-order valence-electron chi connectivity index (χ4n) is 1.04. The Morgan fingerprint density at radius 1 is 1.56 bits per heavy atom. The van der Waals surface area contributed by atoms with E-state index in [1.807, 2.05) is 0 Å². The number of hydrogen-bond acceptors (Lipinski definition) is 3. The molecule has 0 aromatic heterocycles. The predicted molar refractivity (Wildman–Crippen MR) is 56.8 cm³/mol. The third-order valence-electron chi connectivity index (χ3n) is 1.81. The Kier molecular flexibility index (Phi) is 4.74. The lowest BCUT2D eigenvalue weighted by atomic mass is 10.2. The molecule has 1 aromatic carbocycles. The Bertz CT molecular complexity index is 428. The monoisotopic (exact) mass is 241 g/mol. The quantitative estimate of drug-likeness (QED) is 0.796. The smallest absolute Gasteiger partial charge is 0.150 e. The number of carbonyl (C=O) groups excluding carboxylic acids is 1. The summed E-state index contributed by atoms with van der Waals surface area (Å²) in [5.41, 5.74) is 0. The van der Waals surface area contributed by atoms with E-state index in [2.05, 4.69) is 0 Å². The van der Waals surface area contributed by atoms with Gasteiger partial charge in [0.2, 0.25) is 0 Å². The molecule has 0 bridgehead atoms. The Morgan fingerprint density at radius 3 is 2.94 bits per heavy atom. The zero-order valence-corrected chi connectivity index (χ0v) is 9.13. The molecule has 5 heteroatoms. The van der Waals surface area contributed by atoms with Gasteiger partial charge >= 0.3 is 0 Å². The Labute approximate surface area is 97.4 Å². The van der Waals surface area contributed by atoms with Gasteiger partial charge in [-0.25, -0.2) is 4.39 Å². The molecule has 0 atom stereocenters. The lowest BCUT2D eigenvalue weighted by Gasteiger charge is -2.06. The highest BCUT2D eigenvalue weighted by molar-refractivity contribution is 6.32. The average molecular weight is 242 g/mol. The van der Waals surface area contributed by atoms with Crippen LogP contribution in [0.4, 0.5) is 4.39 Å². The lowest BCUT2D eigenvalue weighted by molar-refractivity contribution is -0.118. The van der Waals surface area contributed by atoms with E-state index in [1.165, 1.54) is 12.1 Å². The highest BCUT2D eigenvalue weighted by Gasteiger charge is 2.05. The van der Waals surface area contributed by atoms with Crippen molar-refractivity contribution in [1.29, 1.82) is 5.26 Å². The Morgan fingerprint density at radius 2 is 2.31 bits per heavy atom. The molecule has 0 radical (unpaired) electrons. The molecule has 0 amide bonds. The predicted octanol–water partition coefficient (Wildman–Crippen LogP) is 2.73. The minimum Gasteiger partial charge on any atom is -0.492 e. The van der Waals surface area contributed by atoms with Crippen LogP contribution in [0.2, 0.25) is 5.02 Å². The summed E-state index contributed by atoms with van der Waals surface area (Å²) in [5, 5.41) is 8.41. The highest BCUT2D eigenvalue weighted by atomic mass is 35.5. The summed E-state index contributed by atoms with van der Waals surface area (Å²) in [6.07, 6.45) is 0.0157. The molecule has 0 heterocycles. The van der Waals surface area contributed by atoms with Crippen LogP contribution < -0.4 is 4.74 Å². The number of nitrogens with zero attached hydrogens (tertiary/aromatic N) is 1. The molecule has 0 aliphatic heterocycles. The maximum absolute atomic E-state index is 12.7. The van der Waals surface area contributed by atoms with E-state index in [4.69, 9.17) is 21.6 Å². The second-order valence-corrected chi connectivity index (χ2v) is 3.45. The fourth-order valence-corrected chi connectivity index (χ4v) is 1.27. The van der Waals surface area contributed by atoms with E-state index in [9.17, 15) is 9.18 Å². The number of ketones is 1. The molecule has 84 valence electrons. The van der Waals surface area contributed by atoms with Crippen molar-refractivity contribution in [2.75, 3.05) is 6.61 Å². The van der Waals surface area contributed by atoms with Crippen molar-refractivity contribution < 1.29 is 13.9 Å². The molecular formula is C11H9ClFNO2. The van der Waals surface area contributed by atoms with E-state index in [-0.39, 0.29) is 30.3 Å². The van der Waals surface area contributed by atoms with E-state index in [1.54, 1.807) is 6.07 Å². The summed E-state index contributed by atoms with van der Waals surface area (Å²) in [6, 6.07) is 5.50. The number of benzene rings is 1. The summed E-state index contributed by atoms with van der Waals surface area (Å²) >= 11 is 5.70. The summed E-state index contributed by atoms with van der Waals surface area (Å²) in [4.78, 5) is 11.0. The van der Waals surface area contributed by atoms with Gasteiger partial charge in [0.1, 0.15) is 17.3 Å². The Balaban J connectivity index is 2.44. The SMILES string of the molecule is N#CCC(=O)CCOc1ccc(F)cc1Cl. The molecule has 0 unspecified atom stereocenters. The van der Waals surface area contributed by atoms with Crippen LogP contribution in [0.1, 0.15) is 12.8 Å². The van der Waals surface area contributed by atoms with Crippen LogP contribution in [0.3, 0.4) is 0 Å². The van der Waals surface area contributed by atoms with Crippen LogP contribution in [0.5, 0.6) is 5.75 Å². The first kappa shape index (κ1) is 12.5. The first-order valence-corrected chi connectivity index (χ1v) is 4.98. The van der Waals surface area contributed by atoms with E-state index >= 15 is 0 Å². The van der Waals surface area contributed by atoms with Gasteiger partial charge in [0.25, 0.3) is 0 Å². The van der Waals surface area contributed by atoms with Crippen LogP contribution in [-0.4, -0.2) is 12.4 Å². The van der Waals surface area contributed by atoms with E-state index < -0.39 is 5.82 Å². The number of nitriles is 1. The molecule has 0 saturated carbocycles. The summed E-state index contributed by atoms with van der Waals surface area (Å²) < 4.78 is 17.8. The highest BCUT2D eigenvalue weighted by Crippen LogP contribution is 2.24. The minimum atomic E-state index is -0.446. The normalized spacial score (nSPS) is 9.56. The van der Waals surface area contributed by atoms with Crippen LogP contribution in [0.25, 0.3) is 0 Å². The van der Waals surface area contributed by atoms with E-state index in [0.717, 1.165) is 6.07 Å². The molecule has 0 N–H and O–H groups in total. The van der Waals surface area contributed by atoms with Crippen molar-refractivity contribution in [3.8, 4) is 11.8 Å². The van der Waals surface area contributed by atoms with Gasteiger partial charge in [0.15, 0.2) is 0 Å². The molecular weight excluding hydrogens is 233 g/mol. The second-order valence-electron chi connectivity index (χ2n) is 3.05. The number of Topliss-reactive ketones (excluding diaryl/α,β-unsaturated/α-hetero) is 1. The van der Waals surface area contributed by atoms with Crippen molar-refractivity contribution >= 4 is 17.4 Å². The summed E-state index contributed by atoms with van der Waals surface area (Å²) in [7, 11) is 0. The summed E-state index contributed by atoms with van der Waals surface area (Å²) in [6.45, 7) is 0.131. The zero-order valence-electron chi connectivity index (χ0n) is 8.37. The maximum Gasteiger partial charge on any atom is 0.150 e. The first-order valence-electron chi connectivity index (χ1n) is 4.60. The van der Waals surface area contributed by atoms with Gasteiger partial charge in [-0.05, 0) is 18.2 Å². The molecule has 0 aliphatic carbocycles. The average Bonchev–Trinajstić information content (AvgIpc) is 2.22. The number of halogens is 2. The van der Waals surface area contributed by atoms with Gasteiger partial charge < -0.3 is 4.74 Å². The molecule has 0 fully saturated rings. The van der Waals surface area contributed by atoms with Gasteiger partial charge in [-0.2, -0.15) is 5.26 Å². The van der Waals surface area contributed by atoms with Crippen LogP contribution in [-0.2, 0) is 4.79 Å². The molecule has 16 heavy (non-hydrogen) atoms. The Hall–Kier alpha value is -1.60. The number of rotatable bonds is 5. The third kappa shape index (κ3) is 3.87. The van der Waals surface area contributed by atoms with Gasteiger partial charge in [0, 0.05) is 6.42 Å². The van der Waals surface area contributed by atoms with Gasteiger partial charge in [0.05, 0.1) is 24.1 Å². The molecule has 1 aromatic rings. The maximum atomic E-state index is 12.7. The van der Waals surface area contributed by atoms with Crippen LogP contribution >= 0.6 is 11.6 Å². The summed E-state index contributed by atoms with van der Waals surface area (Å²) in [5.74, 6) is -0.313. The minimum absolute atomic E-state index is 0.124. The van der Waals surface area contributed by atoms with Crippen molar-refractivity contribution in [2.45, 2.75) is 12.8 Å². The van der Waals surface area contributed by atoms with Gasteiger partial charge in [-0.1, -0.05) is 11.6 Å². The number of ether oxygens (including phenoxy) is 1. The number of carbonyl (C=O) groups is 1. The molecule has 0 saturated heterocycles. The van der Waals surface area contributed by atoms with Crippen molar-refractivity contribution in [3.63, 3.8) is 0 Å². The zero-order chi connectivity index (χ0) is 12.0. The molecule has 0 spiro atoms. The lowest BCUT2D eigenvalue weighted by Crippen LogP contribution is -2.05. The van der Waals surface area contributed by atoms with E-state index in [0.29, 0.717) is 5.75 Å². The first-order chi connectivity index (χ1) is 7.63. The largest absolute Gasteiger partial charge is 0.492 e. The topological polar surface area (TPSA) is 50.1 Å². The van der Waals surface area contributed by atoms with Crippen molar-refractivity contribution in [2.24, 2.45) is 0 Å². The standard InChI is InChI=1S/C11H9ClFNO2/c12-10-7-8(13)1-2-11(10)16-6-4-9(15)3-5-14/h1-2,7H,3-4,6H2. The molecule has 0 aliphatic rings. The van der Waals surface area contributed by atoms with Gasteiger partial charge in [-0.3, -0.25) is 4.79 Å². The number of hydrogen-bond donors (Lipinski definition) is 0. The van der Waals surface area contributed by atoms with Gasteiger partial charge in [-0.15, -0.1) is 0 Å². The van der Waals surface area contributed by atoms with Crippen LogP contribution in [0, 0.1) is 17.1 Å². The van der Waals surface area contributed by atoms with Crippen molar-refractivity contribution in [1.82, 2.24) is 0 Å². The molecule has 3 nitrogen and oxygen atoms in total. The second kappa shape index (κ2) is 6.09.